The Bertz CT molecular complexity index is 1240. The van der Waals surface area contributed by atoms with Crippen molar-refractivity contribution < 1.29 is 32.1 Å². The van der Waals surface area contributed by atoms with Crippen molar-refractivity contribution in [2.24, 2.45) is 0 Å². The molecule has 18 heteroatoms. The molecule has 1 aromatic carbocycles. The summed E-state index contributed by atoms with van der Waals surface area (Å²) in [7, 11) is -16.6. The lowest BCUT2D eigenvalue weighted by atomic mass is 10.3. The van der Waals surface area contributed by atoms with Crippen molar-refractivity contribution in [3.8, 4) is 11.8 Å². The van der Waals surface area contributed by atoms with E-state index in [0.717, 1.165) is 0 Å². The van der Waals surface area contributed by atoms with Gasteiger partial charge in [-0.05, 0) is 12.1 Å². The molecule has 1 atom stereocenters. The van der Waals surface area contributed by atoms with Gasteiger partial charge in [0.25, 0.3) is 0 Å². The topological polar surface area (TPSA) is 122 Å². The van der Waals surface area contributed by atoms with Crippen molar-refractivity contribution in [1.82, 2.24) is 9.78 Å². The van der Waals surface area contributed by atoms with Gasteiger partial charge in [0.05, 0.1) is 16.3 Å². The molecule has 174 valence electrons. The third-order valence-corrected chi connectivity index (χ3v) is 8.41. The fourth-order valence-electron chi connectivity index (χ4n) is 2.35. The number of benzene rings is 1. The van der Waals surface area contributed by atoms with Crippen LogP contribution in [-0.4, -0.2) is 34.4 Å². The Labute approximate surface area is 185 Å². The van der Waals surface area contributed by atoms with E-state index in [-0.39, 0.29) is 17.9 Å². The Hall–Kier alpha value is -1.80. The summed E-state index contributed by atoms with van der Waals surface area (Å²) >= 11 is 11.5. The molecule has 0 bridgehead atoms. The Morgan fingerprint density at radius 2 is 1.74 bits per heavy atom. The summed E-state index contributed by atoms with van der Waals surface area (Å²) in [5, 5.41) is 11.0. The first kappa shape index (κ1) is 25.5. The monoisotopic (exact) mass is 547 g/mol. The lowest BCUT2D eigenvalue weighted by Crippen LogP contribution is -2.33. The minimum atomic E-state index is -10.1. The van der Waals surface area contributed by atoms with Crippen LogP contribution in [0.3, 0.4) is 0 Å². The summed E-state index contributed by atoms with van der Waals surface area (Å²) in [6, 6.07) is 1.31. The van der Waals surface area contributed by atoms with Crippen LogP contribution in [0.2, 0.25) is 10.0 Å². The van der Waals surface area contributed by atoms with Gasteiger partial charge in [0.1, 0.15) is 33.3 Å². The summed E-state index contributed by atoms with van der Waals surface area (Å²) < 4.78 is 103. The van der Waals surface area contributed by atoms with Gasteiger partial charge in [-0.3, -0.25) is 0 Å². The zero-order chi connectivity index (χ0) is 24.2. The van der Waals surface area contributed by atoms with E-state index < -0.39 is 69.1 Å². The number of aromatic nitrogens is 2. The maximum absolute atomic E-state index is 13.1. The third-order valence-electron chi connectivity index (χ3n) is 3.56. The number of sulfonamides is 1. The first-order valence-electron chi connectivity index (χ1n) is 7.63. The maximum Gasteiger partial charge on any atom is 0.310 e. The summed E-state index contributed by atoms with van der Waals surface area (Å²) in [6.45, 7) is 1.37. The zero-order valence-corrected chi connectivity index (χ0v) is 19.3. The molecule has 2 rings (SSSR count). The first-order chi connectivity index (χ1) is 13.7. The maximum atomic E-state index is 13.1. The first-order valence-corrected chi connectivity index (χ1v) is 13.5. The van der Waals surface area contributed by atoms with Crippen molar-refractivity contribution in [2.75, 3.05) is 21.5 Å². The van der Waals surface area contributed by atoms with Gasteiger partial charge in [-0.1, -0.05) is 49.6 Å². The van der Waals surface area contributed by atoms with Crippen LogP contribution < -0.4 is 9.44 Å². The van der Waals surface area contributed by atoms with E-state index in [0.29, 0.717) is 14.6 Å². The summed E-state index contributed by atoms with van der Waals surface area (Å²) in [5.41, 5.74) is 3.88. The third kappa shape index (κ3) is 5.00. The van der Waals surface area contributed by atoms with Crippen LogP contribution in [0, 0.1) is 11.3 Å². The molecule has 0 aliphatic heterocycles. The molecule has 0 saturated heterocycles. The van der Waals surface area contributed by atoms with Crippen LogP contribution in [0.1, 0.15) is 12.6 Å². The molecular weight excluding hydrogens is 536 g/mol. The molecule has 0 aliphatic carbocycles. The fourth-order valence-corrected chi connectivity index (χ4v) is 6.46. The van der Waals surface area contributed by atoms with E-state index in [4.69, 9.17) is 28.9 Å². The molecule has 0 spiro atoms. The van der Waals surface area contributed by atoms with Gasteiger partial charge >= 0.3 is 10.2 Å². The van der Waals surface area contributed by atoms with Crippen LogP contribution in [0.15, 0.2) is 17.0 Å². The summed E-state index contributed by atoms with van der Waals surface area (Å²) in [6.07, 6.45) is 0.669. The van der Waals surface area contributed by atoms with Crippen molar-refractivity contribution in [2.45, 2.75) is 11.8 Å². The fraction of sp³-hybridized carbons (Fsp3) is 0.231. The number of hydrogen-bond acceptors (Lipinski definition) is 6. The molecule has 1 aromatic heterocycles. The highest BCUT2D eigenvalue weighted by atomic mass is 35.5. The summed E-state index contributed by atoms with van der Waals surface area (Å²) in [5.74, 6) is -0.907. The van der Waals surface area contributed by atoms with E-state index >= 15 is 0 Å². The van der Waals surface area contributed by atoms with Gasteiger partial charge < -0.3 is 5.73 Å². The van der Waals surface area contributed by atoms with E-state index in [1.54, 1.807) is 0 Å². The van der Waals surface area contributed by atoms with Crippen molar-refractivity contribution in [3.63, 3.8) is 0 Å². The second kappa shape index (κ2) is 7.10. The molecule has 0 amide bonds. The lowest BCUT2D eigenvalue weighted by Gasteiger charge is -2.40. The molecule has 1 unspecified atom stereocenters. The Balaban J connectivity index is 2.88. The Kier molecular flexibility index (Phi) is 5.83. The van der Waals surface area contributed by atoms with Gasteiger partial charge in [-0.2, -0.15) is 14.1 Å². The molecule has 1 heterocycles. The van der Waals surface area contributed by atoms with Gasteiger partial charge in [0, 0.05) is 5.75 Å². The number of nitrogen functional groups attached to an aromatic ring is 1. The molecule has 8 nitrogen and oxygen atoms in total. The van der Waals surface area contributed by atoms with E-state index in [9.17, 15) is 37.3 Å². The number of anilines is 2. The zero-order valence-electron chi connectivity index (χ0n) is 15.3. The normalized spacial score (nSPS) is 15.6. The van der Waals surface area contributed by atoms with Crippen LogP contribution in [0.4, 0.5) is 30.9 Å². The second-order valence-electron chi connectivity index (χ2n) is 5.91. The number of nitriles is 1. The lowest BCUT2D eigenvalue weighted by molar-refractivity contribution is 0.364. The van der Waals surface area contributed by atoms with E-state index in [1.165, 1.54) is 13.0 Å². The average molecular weight is 548 g/mol. The molecule has 2 N–H and O–H groups in total. The number of halogens is 7. The van der Waals surface area contributed by atoms with Crippen molar-refractivity contribution in [3.05, 3.63) is 27.9 Å². The SMILES string of the molecule is CCS(=O)N(c1c(C#N)nn(-c2c(Cl)cc(S(F)(F)(F)(F)F)cc2Cl)c1N)S(C)(=O)=O. The van der Waals surface area contributed by atoms with Gasteiger partial charge in [-0.15, -0.1) is 0 Å². The molecule has 0 aliphatic rings. The van der Waals surface area contributed by atoms with Crippen LogP contribution in [-0.2, 0) is 21.0 Å². The molecule has 0 saturated carbocycles. The summed E-state index contributed by atoms with van der Waals surface area (Å²) in [4.78, 5) is -2.38. The molecule has 0 fully saturated rings. The quantitative estimate of drug-likeness (QED) is 0.521. The van der Waals surface area contributed by atoms with Crippen LogP contribution in [0.25, 0.3) is 5.69 Å². The highest BCUT2D eigenvalue weighted by Gasteiger charge is 2.65. The van der Waals surface area contributed by atoms with Gasteiger partial charge in [0.2, 0.25) is 10.0 Å². The van der Waals surface area contributed by atoms with Crippen molar-refractivity contribution >= 4 is 65.9 Å². The number of hydrogen-bond donors (Lipinski definition) is 1. The molecule has 0 radical (unpaired) electrons. The predicted octanol–water partition coefficient (Wildman–Crippen LogP) is 4.74. The van der Waals surface area contributed by atoms with Crippen molar-refractivity contribution in [1.29, 1.82) is 5.26 Å². The Morgan fingerprint density at radius 3 is 2.10 bits per heavy atom. The molecular formula is C13H12Cl2F5N5O3S3. The van der Waals surface area contributed by atoms with Gasteiger partial charge in [-0.25, -0.2) is 17.3 Å². The van der Waals surface area contributed by atoms with Crippen LogP contribution >= 0.6 is 33.4 Å². The standard InChI is InChI=1S/C13H12Cl2F5N5O3S3/c1-3-29(26)25(30(2,27)28)12-10(6-21)23-24(13(12)22)11-8(14)4-7(5-9(11)15)31(16,17,18,19)20/h4-5H,3,22H2,1-2H3. The second-order valence-corrected chi connectivity index (χ2v) is 12.8. The number of nitrogens with zero attached hydrogens (tertiary/aromatic N) is 4. The highest BCUT2D eigenvalue weighted by Crippen LogP contribution is 3.02. The molecule has 31 heavy (non-hydrogen) atoms. The smallest absolute Gasteiger partial charge is 0.310 e. The molecule has 2 aromatic rings. The minimum absolute atomic E-state index is 0.101. The predicted molar refractivity (Wildman–Crippen MR) is 110 cm³/mol. The van der Waals surface area contributed by atoms with E-state index in [1.807, 2.05) is 0 Å². The van der Waals surface area contributed by atoms with Crippen LogP contribution in [0.5, 0.6) is 0 Å². The number of nitrogens with two attached hydrogens (primary N) is 1. The number of rotatable bonds is 6. The highest BCUT2D eigenvalue weighted by molar-refractivity contribution is 8.45. The largest absolute Gasteiger partial charge is 0.382 e. The average Bonchev–Trinajstić information content (AvgIpc) is 2.87. The Morgan fingerprint density at radius 1 is 1.26 bits per heavy atom. The van der Waals surface area contributed by atoms with E-state index in [2.05, 4.69) is 5.10 Å². The van der Waals surface area contributed by atoms with Gasteiger partial charge in [0.15, 0.2) is 11.5 Å². The minimum Gasteiger partial charge on any atom is -0.382 e.